The van der Waals surface area contributed by atoms with Crippen molar-refractivity contribution in [2.24, 2.45) is 0 Å². The van der Waals surface area contributed by atoms with Crippen molar-refractivity contribution < 1.29 is 19.6 Å². The van der Waals surface area contributed by atoms with E-state index in [-0.39, 0.29) is 22.6 Å². The molecule has 2 rings (SSSR count). The molecule has 0 unspecified atom stereocenters. The third-order valence-corrected chi connectivity index (χ3v) is 3.91. The lowest BCUT2D eigenvalue weighted by Crippen LogP contribution is -2.08. The number of nitrogens with zero attached hydrogens (tertiary/aromatic N) is 1. The van der Waals surface area contributed by atoms with Crippen LogP contribution in [0.5, 0.6) is 5.75 Å². The molecule has 0 heterocycles. The number of phenols is 1. The maximum atomic E-state index is 12.2. The zero-order valence-corrected chi connectivity index (χ0v) is 13.8. The normalized spacial score (nSPS) is 10.5. The minimum atomic E-state index is -0.724. The minimum absolute atomic E-state index is 0.0409. The molecule has 0 aliphatic carbocycles. The van der Waals surface area contributed by atoms with Crippen LogP contribution in [0, 0.1) is 17.0 Å². The minimum Gasteiger partial charge on any atom is -0.507 e. The number of carbonyl (C=O) groups is 1. The second kappa shape index (κ2) is 7.12. The highest BCUT2D eigenvalue weighted by Crippen LogP contribution is 2.39. The van der Waals surface area contributed by atoms with E-state index >= 15 is 0 Å². The molecule has 0 radical (unpaired) electrons. The van der Waals surface area contributed by atoms with E-state index in [1.807, 2.05) is 13.8 Å². The van der Waals surface area contributed by atoms with Crippen molar-refractivity contribution in [2.75, 3.05) is 7.11 Å². The van der Waals surface area contributed by atoms with Crippen LogP contribution in [0.15, 0.2) is 30.3 Å². The molecule has 6 heteroatoms. The van der Waals surface area contributed by atoms with E-state index in [9.17, 15) is 20.0 Å². The first-order chi connectivity index (χ1) is 11.4. The molecule has 0 atom stereocenters. The topological polar surface area (TPSA) is 89.7 Å². The van der Waals surface area contributed by atoms with Crippen molar-refractivity contribution in [2.45, 2.75) is 26.7 Å². The van der Waals surface area contributed by atoms with E-state index in [2.05, 4.69) is 0 Å². The lowest BCUT2D eigenvalue weighted by atomic mass is 9.90. The number of para-hydroxylation sites is 1. The summed E-state index contributed by atoms with van der Waals surface area (Å²) < 4.78 is 4.78. The number of ether oxygens (including phenoxy) is 1. The Balaban J connectivity index is 2.84. The van der Waals surface area contributed by atoms with Crippen LogP contribution in [0.2, 0.25) is 0 Å². The standard InChI is InChI=1S/C18H19NO5/c1-4-7-12-11(2)10-14(16(17(12)20)18(21)24-3)13-8-5-6-9-15(13)19(22)23/h5-6,8-10,20H,4,7H2,1-3H3. The van der Waals surface area contributed by atoms with Crippen molar-refractivity contribution in [1.82, 2.24) is 0 Å². The van der Waals surface area contributed by atoms with E-state index < -0.39 is 10.9 Å². The summed E-state index contributed by atoms with van der Waals surface area (Å²) in [5.41, 5.74) is 1.81. The highest BCUT2D eigenvalue weighted by atomic mass is 16.6. The molecule has 0 bridgehead atoms. The Hall–Kier alpha value is -2.89. The summed E-state index contributed by atoms with van der Waals surface area (Å²) >= 11 is 0. The predicted molar refractivity (Wildman–Crippen MR) is 90.3 cm³/mol. The number of hydrogen-bond donors (Lipinski definition) is 1. The molecule has 126 valence electrons. The van der Waals surface area contributed by atoms with Crippen LogP contribution in [-0.4, -0.2) is 23.1 Å². The van der Waals surface area contributed by atoms with Gasteiger partial charge in [0.2, 0.25) is 0 Å². The first-order valence-electron chi connectivity index (χ1n) is 7.59. The molecule has 0 amide bonds. The Labute approximate surface area is 139 Å². The second-order valence-electron chi connectivity index (χ2n) is 5.46. The molecule has 0 aliphatic heterocycles. The molecule has 2 aromatic rings. The summed E-state index contributed by atoms with van der Waals surface area (Å²) in [7, 11) is 1.21. The molecule has 0 saturated carbocycles. The van der Waals surface area contributed by atoms with Crippen molar-refractivity contribution in [3.8, 4) is 16.9 Å². The van der Waals surface area contributed by atoms with Gasteiger partial charge < -0.3 is 9.84 Å². The van der Waals surface area contributed by atoms with Crippen LogP contribution in [-0.2, 0) is 11.2 Å². The molecule has 6 nitrogen and oxygen atoms in total. The molecular formula is C18H19NO5. The number of phenolic OH excluding ortho intramolecular Hbond substituents is 1. The third kappa shape index (κ3) is 3.08. The fraction of sp³-hybridized carbons (Fsp3) is 0.278. The van der Waals surface area contributed by atoms with E-state index in [0.29, 0.717) is 17.5 Å². The van der Waals surface area contributed by atoms with Gasteiger partial charge in [0.25, 0.3) is 5.69 Å². The number of rotatable bonds is 5. The molecule has 0 aromatic heterocycles. The van der Waals surface area contributed by atoms with Gasteiger partial charge in [0.15, 0.2) is 0 Å². The lowest BCUT2D eigenvalue weighted by molar-refractivity contribution is -0.384. The number of aryl methyl sites for hydroxylation is 1. The van der Waals surface area contributed by atoms with Crippen molar-refractivity contribution in [1.29, 1.82) is 0 Å². The van der Waals surface area contributed by atoms with E-state index in [1.165, 1.54) is 13.2 Å². The smallest absolute Gasteiger partial charge is 0.342 e. The molecule has 0 fully saturated rings. The molecule has 0 saturated heterocycles. The Morgan fingerprint density at radius 3 is 2.54 bits per heavy atom. The van der Waals surface area contributed by atoms with Gasteiger partial charge in [-0.3, -0.25) is 10.1 Å². The highest BCUT2D eigenvalue weighted by molar-refractivity contribution is 6.02. The van der Waals surface area contributed by atoms with Gasteiger partial charge in [0.1, 0.15) is 11.3 Å². The average molecular weight is 329 g/mol. The summed E-state index contributed by atoms with van der Waals surface area (Å²) in [6.45, 7) is 3.77. The Morgan fingerprint density at radius 1 is 1.29 bits per heavy atom. The quantitative estimate of drug-likeness (QED) is 0.508. The summed E-state index contributed by atoms with van der Waals surface area (Å²) in [6, 6.07) is 7.81. The number of benzene rings is 2. The van der Waals surface area contributed by atoms with Crippen LogP contribution in [0.3, 0.4) is 0 Å². The van der Waals surface area contributed by atoms with Crippen LogP contribution in [0.1, 0.15) is 34.8 Å². The largest absolute Gasteiger partial charge is 0.507 e. The lowest BCUT2D eigenvalue weighted by Gasteiger charge is -2.16. The number of nitro benzene ring substituents is 1. The van der Waals surface area contributed by atoms with Gasteiger partial charge >= 0.3 is 5.97 Å². The van der Waals surface area contributed by atoms with E-state index in [4.69, 9.17) is 4.74 Å². The summed E-state index contributed by atoms with van der Waals surface area (Å²) in [6.07, 6.45) is 1.39. The van der Waals surface area contributed by atoms with Gasteiger partial charge in [-0.15, -0.1) is 0 Å². The van der Waals surface area contributed by atoms with Crippen LogP contribution in [0.25, 0.3) is 11.1 Å². The van der Waals surface area contributed by atoms with E-state index in [0.717, 1.165) is 12.0 Å². The fourth-order valence-electron chi connectivity index (χ4n) is 2.79. The zero-order chi connectivity index (χ0) is 17.9. The molecule has 0 spiro atoms. The molecule has 24 heavy (non-hydrogen) atoms. The monoisotopic (exact) mass is 329 g/mol. The second-order valence-corrected chi connectivity index (χ2v) is 5.46. The van der Waals surface area contributed by atoms with Crippen LogP contribution in [0.4, 0.5) is 5.69 Å². The maximum Gasteiger partial charge on any atom is 0.342 e. The van der Waals surface area contributed by atoms with E-state index in [1.54, 1.807) is 24.3 Å². The number of methoxy groups -OCH3 is 1. The predicted octanol–water partition coefficient (Wildman–Crippen LogP) is 4.01. The highest BCUT2D eigenvalue weighted by Gasteiger charge is 2.26. The summed E-state index contributed by atoms with van der Waals surface area (Å²) in [4.78, 5) is 23.0. The first-order valence-corrected chi connectivity index (χ1v) is 7.59. The summed E-state index contributed by atoms with van der Waals surface area (Å²) in [5.74, 6) is -0.894. The molecular weight excluding hydrogens is 310 g/mol. The van der Waals surface area contributed by atoms with Gasteiger partial charge in [-0.05, 0) is 36.6 Å². The molecule has 2 aromatic carbocycles. The Kier molecular flexibility index (Phi) is 5.18. The van der Waals surface area contributed by atoms with Gasteiger partial charge in [0.05, 0.1) is 17.6 Å². The van der Waals surface area contributed by atoms with Crippen LogP contribution >= 0.6 is 0 Å². The van der Waals surface area contributed by atoms with Gasteiger partial charge in [-0.1, -0.05) is 25.5 Å². The fourth-order valence-corrected chi connectivity index (χ4v) is 2.79. The number of aromatic hydroxyl groups is 1. The van der Waals surface area contributed by atoms with Crippen molar-refractivity contribution >= 4 is 11.7 Å². The van der Waals surface area contributed by atoms with Crippen molar-refractivity contribution in [3.05, 3.63) is 57.1 Å². The average Bonchev–Trinajstić information content (AvgIpc) is 2.57. The maximum absolute atomic E-state index is 12.2. The number of esters is 1. The first kappa shape index (κ1) is 17.5. The Bertz CT molecular complexity index is 798. The molecule has 1 N–H and O–H groups in total. The Morgan fingerprint density at radius 2 is 1.96 bits per heavy atom. The SMILES string of the molecule is CCCc1c(C)cc(-c2ccccc2[N+](=O)[O-])c(C(=O)OC)c1O. The number of hydrogen-bond acceptors (Lipinski definition) is 5. The van der Waals surface area contributed by atoms with Gasteiger partial charge in [-0.25, -0.2) is 4.79 Å². The molecule has 0 aliphatic rings. The zero-order valence-electron chi connectivity index (χ0n) is 13.8. The third-order valence-electron chi connectivity index (χ3n) is 3.91. The number of carbonyl (C=O) groups excluding carboxylic acids is 1. The van der Waals surface area contributed by atoms with Crippen LogP contribution < -0.4 is 0 Å². The number of nitro groups is 1. The summed E-state index contributed by atoms with van der Waals surface area (Å²) in [5, 5.41) is 21.9. The van der Waals surface area contributed by atoms with Gasteiger partial charge in [0, 0.05) is 11.6 Å². The van der Waals surface area contributed by atoms with Gasteiger partial charge in [-0.2, -0.15) is 0 Å². The van der Waals surface area contributed by atoms with Crippen molar-refractivity contribution in [3.63, 3.8) is 0 Å².